The molecule has 2 saturated carbocycles. The van der Waals surface area contributed by atoms with Crippen LogP contribution in [0.5, 0.6) is 5.75 Å². The number of rotatable bonds is 3. The molecule has 140 valence electrons. The lowest BCUT2D eigenvalue weighted by Crippen LogP contribution is -2.45. The van der Waals surface area contributed by atoms with E-state index in [2.05, 4.69) is 12.1 Å². The maximum atomic E-state index is 11.2. The monoisotopic (exact) mass is 357 g/mol. The summed E-state index contributed by atoms with van der Waals surface area (Å²) in [5.41, 5.74) is 2.95. The van der Waals surface area contributed by atoms with E-state index in [1.54, 1.807) is 12.1 Å². The van der Waals surface area contributed by atoms with E-state index in [0.29, 0.717) is 17.8 Å². The molecule has 0 aliphatic heterocycles. The number of carbonyl (C=O) groups excluding carboxylic acids is 1. The quantitative estimate of drug-likeness (QED) is 0.813. The van der Waals surface area contributed by atoms with Crippen molar-refractivity contribution < 1.29 is 19.8 Å². The van der Waals surface area contributed by atoms with Gasteiger partial charge in [0.2, 0.25) is 0 Å². The van der Waals surface area contributed by atoms with Crippen LogP contribution >= 0.6 is 0 Å². The van der Waals surface area contributed by atoms with E-state index in [1.165, 1.54) is 12.5 Å². The van der Waals surface area contributed by atoms with Gasteiger partial charge in [-0.05, 0) is 79.9 Å². The zero-order chi connectivity index (χ0) is 18.5. The van der Waals surface area contributed by atoms with Gasteiger partial charge < -0.3 is 15.1 Å². The molecular weight excluding hydrogens is 330 g/mol. The first-order valence-corrected chi connectivity index (χ1v) is 9.60. The number of hydrogen-bond acceptors (Lipinski definition) is 5. The first-order chi connectivity index (χ1) is 12.4. The van der Waals surface area contributed by atoms with Crippen LogP contribution in [0.4, 0.5) is 0 Å². The minimum atomic E-state index is -0.219. The number of nitrogens with zero attached hydrogens (tertiary/aromatic N) is 1. The molecule has 3 aliphatic carbocycles. The average Bonchev–Trinajstić information content (AvgIpc) is 2.90. The van der Waals surface area contributed by atoms with E-state index < -0.39 is 0 Å². The fourth-order valence-corrected chi connectivity index (χ4v) is 5.67. The standard InChI is InChI=1S/C21H27NO4/c1-12(23)11-26-22-19-10-16-15(14-4-3-13(24)9-17(14)19)7-8-21(2)18(16)5-6-20(21)25/h3-4,9,15-16,18,20,24-25H,5-8,10-11H2,1-2H3/b22-19+/t15?,16?,18?,20-,21?/m1/s1. The third-order valence-corrected chi connectivity index (χ3v) is 7.01. The molecule has 0 amide bonds. The number of carbonyl (C=O) groups is 1. The Kier molecular flexibility index (Phi) is 4.30. The number of aromatic hydroxyl groups is 1. The van der Waals surface area contributed by atoms with Crippen LogP contribution in [0.3, 0.4) is 0 Å². The van der Waals surface area contributed by atoms with Gasteiger partial charge in [0, 0.05) is 5.56 Å². The number of oxime groups is 1. The summed E-state index contributed by atoms with van der Waals surface area (Å²) in [6.45, 7) is 3.68. The van der Waals surface area contributed by atoms with Crippen LogP contribution in [0.2, 0.25) is 0 Å². The molecule has 0 spiro atoms. The molecule has 4 rings (SSSR count). The van der Waals surface area contributed by atoms with Gasteiger partial charge in [-0.2, -0.15) is 0 Å². The maximum absolute atomic E-state index is 11.2. The zero-order valence-electron chi connectivity index (χ0n) is 15.4. The minimum Gasteiger partial charge on any atom is -0.508 e. The van der Waals surface area contributed by atoms with Crippen molar-refractivity contribution >= 4 is 11.5 Å². The van der Waals surface area contributed by atoms with E-state index in [4.69, 9.17) is 4.84 Å². The van der Waals surface area contributed by atoms with Crippen LogP contribution in [0, 0.1) is 17.3 Å². The number of phenolic OH excluding ortho intramolecular Hbond substituents is 1. The fourth-order valence-electron chi connectivity index (χ4n) is 5.67. The molecule has 0 aromatic heterocycles. The van der Waals surface area contributed by atoms with Gasteiger partial charge in [-0.3, -0.25) is 4.79 Å². The molecule has 3 aliphatic rings. The molecule has 0 saturated heterocycles. The van der Waals surface area contributed by atoms with Crippen molar-refractivity contribution in [3.8, 4) is 5.75 Å². The van der Waals surface area contributed by atoms with E-state index in [9.17, 15) is 15.0 Å². The van der Waals surface area contributed by atoms with Gasteiger partial charge in [-0.25, -0.2) is 0 Å². The van der Waals surface area contributed by atoms with Crippen LogP contribution in [0.15, 0.2) is 23.4 Å². The Morgan fingerprint density at radius 1 is 1.35 bits per heavy atom. The van der Waals surface area contributed by atoms with E-state index in [0.717, 1.165) is 43.4 Å². The summed E-state index contributed by atoms with van der Waals surface area (Å²) in [7, 11) is 0. The predicted octanol–water partition coefficient (Wildman–Crippen LogP) is 3.38. The smallest absolute Gasteiger partial charge is 0.174 e. The highest BCUT2D eigenvalue weighted by molar-refractivity contribution is 6.03. The first-order valence-electron chi connectivity index (χ1n) is 9.60. The lowest BCUT2D eigenvalue weighted by molar-refractivity contribution is -0.121. The van der Waals surface area contributed by atoms with Crippen molar-refractivity contribution in [3.05, 3.63) is 29.3 Å². The van der Waals surface area contributed by atoms with Crippen molar-refractivity contribution in [3.63, 3.8) is 0 Å². The highest BCUT2D eigenvalue weighted by Gasteiger charge is 2.55. The molecule has 0 heterocycles. The summed E-state index contributed by atoms with van der Waals surface area (Å²) in [5.74, 6) is 1.47. The molecule has 4 unspecified atom stereocenters. The Labute approximate surface area is 154 Å². The van der Waals surface area contributed by atoms with Gasteiger partial charge in [-0.15, -0.1) is 0 Å². The number of phenols is 1. The van der Waals surface area contributed by atoms with Crippen LogP contribution in [0.25, 0.3) is 0 Å². The van der Waals surface area contributed by atoms with Crippen LogP contribution in [-0.2, 0) is 9.63 Å². The molecule has 5 atom stereocenters. The van der Waals surface area contributed by atoms with Crippen molar-refractivity contribution in [1.29, 1.82) is 0 Å². The second kappa shape index (κ2) is 6.38. The molecule has 5 heteroatoms. The number of ketones is 1. The second-order valence-electron chi connectivity index (χ2n) is 8.50. The summed E-state index contributed by atoms with van der Waals surface area (Å²) in [5, 5.41) is 24.8. The Bertz CT molecular complexity index is 758. The Balaban J connectivity index is 1.72. The summed E-state index contributed by atoms with van der Waals surface area (Å²) in [6, 6.07) is 5.52. The Morgan fingerprint density at radius 3 is 2.92 bits per heavy atom. The topological polar surface area (TPSA) is 79.1 Å². The predicted molar refractivity (Wildman–Crippen MR) is 98.2 cm³/mol. The summed E-state index contributed by atoms with van der Waals surface area (Å²) < 4.78 is 0. The zero-order valence-corrected chi connectivity index (χ0v) is 15.4. The number of aliphatic hydroxyl groups excluding tert-OH is 1. The molecule has 1 aromatic carbocycles. The van der Waals surface area contributed by atoms with Crippen LogP contribution in [-0.4, -0.2) is 34.4 Å². The average molecular weight is 357 g/mol. The fraction of sp³-hybridized carbons (Fsp3) is 0.619. The van der Waals surface area contributed by atoms with Crippen molar-refractivity contribution in [2.24, 2.45) is 22.4 Å². The molecule has 2 fully saturated rings. The largest absolute Gasteiger partial charge is 0.508 e. The van der Waals surface area contributed by atoms with Gasteiger partial charge in [0.25, 0.3) is 0 Å². The van der Waals surface area contributed by atoms with Gasteiger partial charge >= 0.3 is 0 Å². The third kappa shape index (κ3) is 2.73. The number of fused-ring (bicyclic) bond motifs is 5. The molecule has 0 radical (unpaired) electrons. The summed E-state index contributed by atoms with van der Waals surface area (Å²) in [6.07, 6.45) is 4.56. The maximum Gasteiger partial charge on any atom is 0.174 e. The third-order valence-electron chi connectivity index (χ3n) is 7.01. The molecular formula is C21H27NO4. The van der Waals surface area contributed by atoms with Crippen molar-refractivity contribution in [2.45, 2.75) is 58.0 Å². The molecule has 0 bridgehead atoms. The van der Waals surface area contributed by atoms with Gasteiger partial charge in [0.1, 0.15) is 5.75 Å². The van der Waals surface area contributed by atoms with Gasteiger partial charge in [-0.1, -0.05) is 18.1 Å². The molecule has 2 N–H and O–H groups in total. The highest BCUT2D eigenvalue weighted by Crippen LogP contribution is 2.60. The summed E-state index contributed by atoms with van der Waals surface area (Å²) in [4.78, 5) is 16.5. The van der Waals surface area contributed by atoms with E-state index >= 15 is 0 Å². The van der Waals surface area contributed by atoms with Gasteiger partial charge in [0.15, 0.2) is 12.4 Å². The lowest BCUT2D eigenvalue weighted by Gasteiger charge is -2.50. The first kappa shape index (κ1) is 17.5. The number of benzene rings is 1. The van der Waals surface area contributed by atoms with Crippen LogP contribution in [0.1, 0.15) is 63.0 Å². The summed E-state index contributed by atoms with van der Waals surface area (Å²) >= 11 is 0. The Hall–Kier alpha value is -1.88. The van der Waals surface area contributed by atoms with E-state index in [-0.39, 0.29) is 29.7 Å². The highest BCUT2D eigenvalue weighted by atomic mass is 16.6. The number of Topliss-reactive ketones (excluding diaryl/α,β-unsaturated/α-hetero) is 1. The lowest BCUT2D eigenvalue weighted by atomic mass is 9.55. The molecule has 1 aromatic rings. The number of aliphatic hydroxyl groups is 1. The minimum absolute atomic E-state index is 0.0130. The van der Waals surface area contributed by atoms with Crippen molar-refractivity contribution in [2.75, 3.05) is 6.61 Å². The van der Waals surface area contributed by atoms with E-state index in [1.807, 2.05) is 6.07 Å². The Morgan fingerprint density at radius 2 is 2.15 bits per heavy atom. The second-order valence-corrected chi connectivity index (χ2v) is 8.50. The molecule has 26 heavy (non-hydrogen) atoms. The van der Waals surface area contributed by atoms with Crippen LogP contribution < -0.4 is 0 Å². The number of hydrogen-bond donors (Lipinski definition) is 2. The molecule has 5 nitrogen and oxygen atoms in total. The SMILES string of the molecule is CC(=O)CO/N=C1\CC2C(CCC3(C)C2CC[C@H]3O)c2ccc(O)cc21. The van der Waals surface area contributed by atoms with Gasteiger partial charge in [0.05, 0.1) is 11.8 Å². The van der Waals surface area contributed by atoms with Crippen molar-refractivity contribution in [1.82, 2.24) is 0 Å². The normalized spacial score (nSPS) is 37.0.